The molecule has 3 heteroatoms. The van der Waals surface area contributed by atoms with Gasteiger partial charge in [0.2, 0.25) is 0 Å². The van der Waals surface area contributed by atoms with E-state index < -0.39 is 10.6 Å². The van der Waals surface area contributed by atoms with Crippen molar-refractivity contribution in [2.45, 2.75) is 0 Å². The SMILES string of the molecule is C=C/C=C\C(=C)OS(C)(C)Oc1ccccc1. The average molecular weight is 250 g/mol. The van der Waals surface area contributed by atoms with Gasteiger partial charge in [0.25, 0.3) is 0 Å². The van der Waals surface area contributed by atoms with Gasteiger partial charge in [-0.15, -0.1) is 10.6 Å². The normalized spacial score (nSPS) is 12.1. The van der Waals surface area contributed by atoms with Crippen LogP contribution >= 0.6 is 10.6 Å². The van der Waals surface area contributed by atoms with Gasteiger partial charge >= 0.3 is 0 Å². The average Bonchev–Trinajstić information content (AvgIpc) is 2.26. The number of benzene rings is 1. The van der Waals surface area contributed by atoms with E-state index in [9.17, 15) is 0 Å². The van der Waals surface area contributed by atoms with E-state index in [-0.39, 0.29) is 0 Å². The molecule has 0 saturated carbocycles. The van der Waals surface area contributed by atoms with Crippen LogP contribution < -0.4 is 4.18 Å². The van der Waals surface area contributed by atoms with Crippen molar-refractivity contribution in [3.63, 3.8) is 0 Å². The summed E-state index contributed by atoms with van der Waals surface area (Å²) < 4.78 is 11.5. The summed E-state index contributed by atoms with van der Waals surface area (Å²) >= 11 is 0. The molecule has 17 heavy (non-hydrogen) atoms. The van der Waals surface area contributed by atoms with Gasteiger partial charge in [-0.05, 0) is 18.2 Å². The molecule has 0 N–H and O–H groups in total. The monoisotopic (exact) mass is 250 g/mol. The number of para-hydroxylation sites is 1. The molecule has 1 rings (SSSR count). The summed E-state index contributed by atoms with van der Waals surface area (Å²) in [6, 6.07) is 9.61. The summed E-state index contributed by atoms with van der Waals surface area (Å²) in [6.45, 7) is 7.39. The zero-order valence-corrected chi connectivity index (χ0v) is 11.1. The predicted molar refractivity (Wildman–Crippen MR) is 76.1 cm³/mol. The molecule has 0 atom stereocenters. The summed E-state index contributed by atoms with van der Waals surface area (Å²) in [5.41, 5.74) is 0. The van der Waals surface area contributed by atoms with Crippen LogP contribution in [0.1, 0.15) is 0 Å². The van der Waals surface area contributed by atoms with E-state index >= 15 is 0 Å². The van der Waals surface area contributed by atoms with Crippen molar-refractivity contribution in [3.8, 4) is 5.75 Å². The van der Waals surface area contributed by atoms with Gasteiger partial charge < -0.3 is 8.37 Å². The highest BCUT2D eigenvalue weighted by Gasteiger charge is 2.10. The van der Waals surface area contributed by atoms with Crippen LogP contribution in [0.4, 0.5) is 0 Å². The molecule has 92 valence electrons. The molecule has 1 aromatic carbocycles. The number of rotatable bonds is 6. The quantitative estimate of drug-likeness (QED) is 0.555. The van der Waals surface area contributed by atoms with Crippen LogP contribution in [0.3, 0.4) is 0 Å². The number of hydrogen-bond acceptors (Lipinski definition) is 2. The minimum atomic E-state index is -1.65. The second kappa shape index (κ2) is 6.21. The lowest BCUT2D eigenvalue weighted by Crippen LogP contribution is -2.07. The zero-order valence-electron chi connectivity index (χ0n) is 10.3. The van der Waals surface area contributed by atoms with Gasteiger partial charge in [0, 0.05) is 12.5 Å². The lowest BCUT2D eigenvalue weighted by molar-refractivity contribution is 0.436. The molecule has 0 radical (unpaired) electrons. The van der Waals surface area contributed by atoms with E-state index in [1.165, 1.54) is 0 Å². The minimum Gasteiger partial charge on any atom is -0.384 e. The lowest BCUT2D eigenvalue weighted by atomic mass is 10.3. The molecular formula is C14H18O2S. The van der Waals surface area contributed by atoms with E-state index in [1.54, 1.807) is 18.2 Å². The lowest BCUT2D eigenvalue weighted by Gasteiger charge is -2.36. The van der Waals surface area contributed by atoms with E-state index in [4.69, 9.17) is 8.37 Å². The molecule has 0 aliphatic carbocycles. The first-order valence-electron chi connectivity index (χ1n) is 5.19. The molecule has 0 heterocycles. The van der Waals surface area contributed by atoms with Gasteiger partial charge in [0.15, 0.2) is 5.75 Å². The van der Waals surface area contributed by atoms with Crippen LogP contribution in [-0.4, -0.2) is 12.5 Å². The van der Waals surface area contributed by atoms with E-state index in [1.807, 2.05) is 42.8 Å². The first-order valence-corrected chi connectivity index (χ1v) is 7.49. The molecule has 2 nitrogen and oxygen atoms in total. The summed E-state index contributed by atoms with van der Waals surface area (Å²) in [6.07, 6.45) is 9.06. The highest BCUT2D eigenvalue weighted by atomic mass is 32.3. The van der Waals surface area contributed by atoms with Gasteiger partial charge in [-0.1, -0.05) is 43.5 Å². The third-order valence-corrected chi connectivity index (χ3v) is 2.98. The Morgan fingerprint density at radius 2 is 1.88 bits per heavy atom. The first kappa shape index (κ1) is 13.5. The fourth-order valence-electron chi connectivity index (χ4n) is 1.19. The van der Waals surface area contributed by atoms with Gasteiger partial charge in [0.05, 0.1) is 0 Å². The molecule has 0 aliphatic rings. The molecule has 0 amide bonds. The van der Waals surface area contributed by atoms with Crippen LogP contribution in [0.5, 0.6) is 5.75 Å². The Morgan fingerprint density at radius 1 is 1.24 bits per heavy atom. The Morgan fingerprint density at radius 3 is 2.47 bits per heavy atom. The number of allylic oxidation sites excluding steroid dienone is 3. The summed E-state index contributed by atoms with van der Waals surface area (Å²) in [5.74, 6) is 1.37. The predicted octanol–water partition coefficient (Wildman–Crippen LogP) is 4.23. The van der Waals surface area contributed by atoms with Crippen molar-refractivity contribution in [2.24, 2.45) is 0 Å². The molecule has 1 aromatic rings. The Hall–Kier alpha value is -1.61. The van der Waals surface area contributed by atoms with Crippen LogP contribution in [0.2, 0.25) is 0 Å². The highest BCUT2D eigenvalue weighted by molar-refractivity contribution is 8.25. The third-order valence-electron chi connectivity index (χ3n) is 1.77. The van der Waals surface area contributed by atoms with E-state index in [2.05, 4.69) is 13.2 Å². The first-order chi connectivity index (χ1) is 8.03. The summed E-state index contributed by atoms with van der Waals surface area (Å²) in [4.78, 5) is 0. The molecular weight excluding hydrogens is 232 g/mol. The number of hydrogen-bond donors (Lipinski definition) is 0. The fraction of sp³-hybridized carbons (Fsp3) is 0.143. The minimum absolute atomic E-state index is 0.570. The van der Waals surface area contributed by atoms with Crippen LogP contribution in [-0.2, 0) is 4.18 Å². The Kier molecular flexibility index (Phi) is 4.91. The highest BCUT2D eigenvalue weighted by Crippen LogP contribution is 2.44. The van der Waals surface area contributed by atoms with E-state index in [0.29, 0.717) is 5.76 Å². The van der Waals surface area contributed by atoms with Gasteiger partial charge in [-0.2, -0.15) is 0 Å². The maximum atomic E-state index is 5.79. The van der Waals surface area contributed by atoms with Gasteiger partial charge in [-0.3, -0.25) is 0 Å². The van der Waals surface area contributed by atoms with Gasteiger partial charge in [0.1, 0.15) is 5.76 Å². The van der Waals surface area contributed by atoms with Crippen molar-refractivity contribution in [1.82, 2.24) is 0 Å². The maximum Gasteiger partial charge on any atom is 0.151 e. The van der Waals surface area contributed by atoms with Crippen LogP contribution in [0.15, 0.2) is 67.5 Å². The van der Waals surface area contributed by atoms with Crippen molar-refractivity contribution in [2.75, 3.05) is 12.5 Å². The topological polar surface area (TPSA) is 18.5 Å². The Labute approximate surface area is 105 Å². The van der Waals surface area contributed by atoms with E-state index in [0.717, 1.165) is 5.75 Å². The molecule has 0 spiro atoms. The molecule has 0 aliphatic heterocycles. The third kappa shape index (κ3) is 5.31. The Balaban J connectivity index is 2.60. The van der Waals surface area contributed by atoms with Crippen molar-refractivity contribution in [3.05, 3.63) is 67.5 Å². The van der Waals surface area contributed by atoms with Crippen molar-refractivity contribution < 1.29 is 8.37 Å². The van der Waals surface area contributed by atoms with Gasteiger partial charge in [-0.25, -0.2) is 0 Å². The maximum absolute atomic E-state index is 5.79. The fourth-order valence-corrected chi connectivity index (χ4v) is 2.37. The van der Waals surface area contributed by atoms with Crippen LogP contribution in [0.25, 0.3) is 0 Å². The zero-order chi connectivity index (χ0) is 12.7. The molecule has 0 aromatic heterocycles. The summed E-state index contributed by atoms with van der Waals surface area (Å²) in [7, 11) is -1.65. The molecule has 0 saturated heterocycles. The Bertz CT molecular complexity index is 407. The molecule has 0 fully saturated rings. The second-order valence-electron chi connectivity index (χ2n) is 3.68. The summed E-state index contributed by atoms with van der Waals surface area (Å²) in [5, 5.41) is 0. The van der Waals surface area contributed by atoms with Crippen LogP contribution in [0, 0.1) is 0 Å². The molecule has 0 bridgehead atoms. The molecule has 0 unspecified atom stereocenters. The standard InChI is InChI=1S/C14H18O2S/c1-5-6-10-13(2)15-17(3,4)16-14-11-8-7-9-12-14/h5-12H,1-2H2,3-4H3/b10-6-. The van der Waals surface area contributed by atoms with Crippen molar-refractivity contribution >= 4 is 10.6 Å². The smallest absolute Gasteiger partial charge is 0.151 e. The van der Waals surface area contributed by atoms with Crippen molar-refractivity contribution in [1.29, 1.82) is 0 Å². The largest absolute Gasteiger partial charge is 0.384 e. The second-order valence-corrected chi connectivity index (χ2v) is 6.30.